The highest BCUT2D eigenvalue weighted by Crippen LogP contribution is 2.33. The minimum absolute atomic E-state index is 0.225. The molecule has 19 nitrogen and oxygen atoms in total. The van der Waals surface area contributed by atoms with Gasteiger partial charge in [0.1, 0.15) is 73.2 Å². The maximum absolute atomic E-state index is 13.3. The molecule has 0 spiro atoms. The van der Waals surface area contributed by atoms with Gasteiger partial charge in [0.25, 0.3) is 0 Å². The molecule has 0 aromatic heterocycles. The van der Waals surface area contributed by atoms with Gasteiger partial charge in [0, 0.05) is 6.42 Å². The fourth-order valence-corrected chi connectivity index (χ4v) is 10.3. The van der Waals surface area contributed by atoms with Crippen LogP contribution in [0.15, 0.2) is 36.5 Å². The van der Waals surface area contributed by atoms with E-state index in [2.05, 4.69) is 43.5 Å². The fraction of sp³-hybridized carbons (Fsp3) is 0.883. The summed E-state index contributed by atoms with van der Waals surface area (Å²) in [5.41, 5.74) is 0. The third-order valence-electron chi connectivity index (χ3n) is 15.4. The van der Waals surface area contributed by atoms with E-state index in [4.69, 9.17) is 28.4 Å². The molecule has 19 heteroatoms. The topological polar surface area (TPSA) is 307 Å². The van der Waals surface area contributed by atoms with Gasteiger partial charge >= 0.3 is 0 Å². The Labute approximate surface area is 472 Å². The summed E-state index contributed by atoms with van der Waals surface area (Å²) < 4.78 is 34.2. The van der Waals surface area contributed by atoms with Gasteiger partial charge < -0.3 is 89.9 Å². The number of aliphatic hydroxyl groups excluding tert-OH is 11. The number of hydrogen-bond acceptors (Lipinski definition) is 18. The molecule has 0 saturated carbocycles. The van der Waals surface area contributed by atoms with Gasteiger partial charge in [-0.15, -0.1) is 0 Å². The van der Waals surface area contributed by atoms with Gasteiger partial charge in [0.2, 0.25) is 5.91 Å². The van der Waals surface area contributed by atoms with Gasteiger partial charge in [-0.05, 0) is 51.4 Å². The van der Waals surface area contributed by atoms with Crippen LogP contribution >= 0.6 is 0 Å². The average Bonchev–Trinajstić information content (AvgIpc) is 3.55. The first kappa shape index (κ1) is 71.3. The number of carbonyl (C=O) groups excluding carboxylic acids is 1. The van der Waals surface area contributed by atoms with Gasteiger partial charge in [-0.2, -0.15) is 0 Å². The first-order valence-corrected chi connectivity index (χ1v) is 30.7. The van der Waals surface area contributed by atoms with Crippen molar-refractivity contribution in [1.82, 2.24) is 5.32 Å². The zero-order chi connectivity index (χ0) is 57.6. The lowest BCUT2D eigenvalue weighted by atomic mass is 9.96. The zero-order valence-electron chi connectivity index (χ0n) is 48.1. The lowest BCUT2D eigenvalue weighted by Gasteiger charge is -2.48. The molecule has 79 heavy (non-hydrogen) atoms. The Morgan fingerprint density at radius 2 is 0.823 bits per heavy atom. The molecule has 3 aliphatic heterocycles. The molecule has 3 fully saturated rings. The van der Waals surface area contributed by atoms with E-state index in [0.717, 1.165) is 57.8 Å². The van der Waals surface area contributed by atoms with Gasteiger partial charge in [0.05, 0.1) is 38.6 Å². The lowest BCUT2D eigenvalue weighted by Crippen LogP contribution is -2.66. The van der Waals surface area contributed by atoms with Crippen molar-refractivity contribution in [3.05, 3.63) is 36.5 Å². The number of ether oxygens (including phenoxy) is 6. The summed E-state index contributed by atoms with van der Waals surface area (Å²) in [6, 6.07) is -0.992. The monoisotopic (exact) mass is 1130 g/mol. The molecule has 3 saturated heterocycles. The van der Waals surface area contributed by atoms with Gasteiger partial charge in [-0.25, -0.2) is 0 Å². The van der Waals surface area contributed by atoms with Crippen molar-refractivity contribution < 1.29 is 89.4 Å². The summed E-state index contributed by atoms with van der Waals surface area (Å²) in [6.07, 6.45) is 20.0. The van der Waals surface area contributed by atoms with Gasteiger partial charge in [-0.3, -0.25) is 4.79 Å². The molecule has 0 aromatic rings. The SMILES string of the molecule is CCCC/C=C\CCCCCCCC(=O)NC(COC1OC(CO)C(OC2OC(CO)C(OC3OC(CO)C(O)C(O)C3O)C(O)C2O)C(O)C1O)C(O)/C=C/CC/C=C/CCCCCCCCCCCCCCCCCCC. The van der Waals surface area contributed by atoms with E-state index < -0.39 is 124 Å². The van der Waals surface area contributed by atoms with Crippen LogP contribution in [0.25, 0.3) is 0 Å². The van der Waals surface area contributed by atoms with E-state index in [1.165, 1.54) is 116 Å². The Bertz CT molecular complexity index is 1590. The molecule has 462 valence electrons. The highest BCUT2D eigenvalue weighted by atomic mass is 16.8. The number of carbonyl (C=O) groups is 1. The van der Waals surface area contributed by atoms with E-state index in [9.17, 15) is 61.0 Å². The van der Waals surface area contributed by atoms with Crippen LogP contribution in [0.3, 0.4) is 0 Å². The largest absolute Gasteiger partial charge is 0.394 e. The molecule has 1 amide bonds. The van der Waals surface area contributed by atoms with Crippen LogP contribution in [0.1, 0.15) is 206 Å². The number of rotatable bonds is 45. The van der Waals surface area contributed by atoms with Crippen LogP contribution < -0.4 is 5.32 Å². The van der Waals surface area contributed by atoms with Crippen molar-refractivity contribution in [2.75, 3.05) is 26.4 Å². The summed E-state index contributed by atoms with van der Waals surface area (Å²) >= 11 is 0. The maximum atomic E-state index is 13.3. The number of amides is 1. The standard InChI is InChI=1S/C60H109NO18/c1-3-5-7-9-11-13-15-16-17-18-19-20-21-22-23-24-25-26-28-29-31-33-35-37-44(65)43(61-48(66)38-36-34-32-30-27-14-12-10-8-6-4-2)42-74-58-54(72)51(69)56(46(40-63)76-58)79-60-55(73)52(70)57(47(41-64)77-60)78-59-53(71)50(68)49(67)45(39-62)75-59/h10,12,28-29,35,37,43-47,49-60,62-65,67-73H,3-9,11,13-27,30-34,36,38-42H2,1-2H3,(H,61,66)/b12-10-,29-28+,37-35+. The molecular formula is C60H109NO18. The van der Waals surface area contributed by atoms with Crippen molar-refractivity contribution in [1.29, 1.82) is 0 Å². The smallest absolute Gasteiger partial charge is 0.220 e. The maximum Gasteiger partial charge on any atom is 0.220 e. The minimum atomic E-state index is -1.98. The lowest BCUT2D eigenvalue weighted by molar-refractivity contribution is -0.379. The number of nitrogens with one attached hydrogen (secondary N) is 1. The van der Waals surface area contributed by atoms with Crippen LogP contribution in [0.2, 0.25) is 0 Å². The third-order valence-corrected chi connectivity index (χ3v) is 15.4. The molecule has 0 radical (unpaired) electrons. The molecule has 3 aliphatic rings. The van der Waals surface area contributed by atoms with E-state index in [1.54, 1.807) is 6.08 Å². The zero-order valence-corrected chi connectivity index (χ0v) is 48.1. The van der Waals surface area contributed by atoms with Crippen molar-refractivity contribution in [2.45, 2.75) is 311 Å². The van der Waals surface area contributed by atoms with Crippen LogP contribution in [0, 0.1) is 0 Å². The van der Waals surface area contributed by atoms with Gasteiger partial charge in [-0.1, -0.05) is 185 Å². The first-order valence-electron chi connectivity index (χ1n) is 30.7. The molecule has 17 atom stereocenters. The van der Waals surface area contributed by atoms with E-state index in [-0.39, 0.29) is 18.9 Å². The van der Waals surface area contributed by atoms with E-state index in [1.807, 2.05) is 6.08 Å². The highest BCUT2D eigenvalue weighted by Gasteiger charge is 2.53. The molecular weight excluding hydrogens is 1020 g/mol. The highest BCUT2D eigenvalue weighted by molar-refractivity contribution is 5.76. The van der Waals surface area contributed by atoms with Crippen LogP contribution in [0.5, 0.6) is 0 Å². The second-order valence-electron chi connectivity index (χ2n) is 22.2. The summed E-state index contributed by atoms with van der Waals surface area (Å²) in [4.78, 5) is 13.3. The summed E-state index contributed by atoms with van der Waals surface area (Å²) in [5.74, 6) is -0.297. The molecule has 17 unspecified atom stereocenters. The summed E-state index contributed by atoms with van der Waals surface area (Å²) in [5, 5.41) is 120. The molecule has 3 heterocycles. The molecule has 3 rings (SSSR count). The van der Waals surface area contributed by atoms with Gasteiger partial charge in [0.15, 0.2) is 18.9 Å². The Morgan fingerprint density at radius 3 is 1.30 bits per heavy atom. The molecule has 12 N–H and O–H groups in total. The quantitative estimate of drug-likeness (QED) is 0.0257. The Kier molecular flexibility index (Phi) is 39.4. The average molecular weight is 1130 g/mol. The van der Waals surface area contributed by atoms with Crippen LogP contribution in [-0.4, -0.2) is 193 Å². The number of unbranched alkanes of at least 4 members (excludes halogenated alkanes) is 25. The predicted molar refractivity (Wildman–Crippen MR) is 300 cm³/mol. The summed E-state index contributed by atoms with van der Waals surface area (Å²) in [6.45, 7) is 1.65. The van der Waals surface area contributed by atoms with Crippen LogP contribution in [-0.2, 0) is 33.2 Å². The Morgan fingerprint density at radius 1 is 0.443 bits per heavy atom. The second-order valence-corrected chi connectivity index (χ2v) is 22.2. The van der Waals surface area contributed by atoms with Crippen molar-refractivity contribution in [2.24, 2.45) is 0 Å². The fourth-order valence-electron chi connectivity index (χ4n) is 10.3. The Hall–Kier alpha value is -1.99. The Balaban J connectivity index is 1.48. The third kappa shape index (κ3) is 27.5. The molecule has 0 aliphatic carbocycles. The van der Waals surface area contributed by atoms with E-state index >= 15 is 0 Å². The first-order chi connectivity index (χ1) is 38.3. The van der Waals surface area contributed by atoms with E-state index in [0.29, 0.717) is 12.8 Å². The molecule has 0 bridgehead atoms. The second kappa shape index (κ2) is 43.6. The van der Waals surface area contributed by atoms with Crippen molar-refractivity contribution in [3.8, 4) is 0 Å². The predicted octanol–water partition coefficient (Wildman–Crippen LogP) is 5.71. The van der Waals surface area contributed by atoms with Crippen LogP contribution in [0.4, 0.5) is 0 Å². The normalized spacial score (nSPS) is 30.5. The minimum Gasteiger partial charge on any atom is -0.394 e. The molecule has 0 aromatic carbocycles. The summed E-state index contributed by atoms with van der Waals surface area (Å²) in [7, 11) is 0. The van der Waals surface area contributed by atoms with Crippen molar-refractivity contribution >= 4 is 5.91 Å². The van der Waals surface area contributed by atoms with Crippen molar-refractivity contribution in [3.63, 3.8) is 0 Å². The number of hydrogen-bond donors (Lipinski definition) is 12. The number of allylic oxidation sites excluding steroid dienone is 5. The number of aliphatic hydroxyl groups is 11.